The highest BCUT2D eigenvalue weighted by Crippen LogP contribution is 2.11. The summed E-state index contributed by atoms with van der Waals surface area (Å²) in [6.07, 6.45) is 5.73. The lowest BCUT2D eigenvalue weighted by Crippen LogP contribution is -1.89. The largest absolute Gasteiger partial charge is 0.290 e. The molecule has 0 bridgehead atoms. The van der Waals surface area contributed by atoms with Gasteiger partial charge in [0.2, 0.25) is 0 Å². The molecular weight excluding hydrogens is 172 g/mol. The lowest BCUT2D eigenvalue weighted by atomic mass is 10.1. The summed E-state index contributed by atoms with van der Waals surface area (Å²) in [5.74, 6) is 0. The van der Waals surface area contributed by atoms with E-state index in [1.807, 2.05) is 26.1 Å². The Labute approximate surface area is 85.4 Å². The van der Waals surface area contributed by atoms with Crippen molar-refractivity contribution >= 4 is 11.3 Å². The SMILES string of the molecule is CCN=C(C)/C=C(\C)c1cccnc1. The van der Waals surface area contributed by atoms with E-state index in [2.05, 4.69) is 29.0 Å². The van der Waals surface area contributed by atoms with Crippen LogP contribution >= 0.6 is 0 Å². The van der Waals surface area contributed by atoms with Gasteiger partial charge in [-0.05, 0) is 44.1 Å². The van der Waals surface area contributed by atoms with E-state index in [1.54, 1.807) is 6.20 Å². The summed E-state index contributed by atoms with van der Waals surface area (Å²) in [5, 5.41) is 0. The second kappa shape index (κ2) is 5.32. The number of aromatic nitrogens is 1. The molecule has 0 unspecified atom stereocenters. The first-order valence-corrected chi connectivity index (χ1v) is 4.83. The number of hydrogen-bond donors (Lipinski definition) is 0. The Hall–Kier alpha value is -1.44. The average molecular weight is 188 g/mol. The van der Waals surface area contributed by atoms with Crippen LogP contribution in [0.3, 0.4) is 0 Å². The summed E-state index contributed by atoms with van der Waals surface area (Å²) < 4.78 is 0. The fourth-order valence-corrected chi connectivity index (χ4v) is 1.29. The van der Waals surface area contributed by atoms with Gasteiger partial charge in [-0.25, -0.2) is 0 Å². The predicted octanol–water partition coefficient (Wildman–Crippen LogP) is 2.97. The molecule has 14 heavy (non-hydrogen) atoms. The van der Waals surface area contributed by atoms with Gasteiger partial charge in [0.05, 0.1) is 0 Å². The highest BCUT2D eigenvalue weighted by molar-refractivity contribution is 5.98. The van der Waals surface area contributed by atoms with Gasteiger partial charge in [-0.15, -0.1) is 0 Å². The van der Waals surface area contributed by atoms with Gasteiger partial charge in [0, 0.05) is 24.7 Å². The van der Waals surface area contributed by atoms with E-state index >= 15 is 0 Å². The molecule has 0 amide bonds. The summed E-state index contributed by atoms with van der Waals surface area (Å²) in [6.45, 7) is 6.97. The van der Waals surface area contributed by atoms with Crippen molar-refractivity contribution < 1.29 is 0 Å². The Morgan fingerprint density at radius 1 is 1.50 bits per heavy atom. The van der Waals surface area contributed by atoms with Gasteiger partial charge in [0.25, 0.3) is 0 Å². The topological polar surface area (TPSA) is 25.2 Å². The van der Waals surface area contributed by atoms with E-state index in [9.17, 15) is 0 Å². The minimum Gasteiger partial charge on any atom is -0.290 e. The van der Waals surface area contributed by atoms with Gasteiger partial charge in [0.15, 0.2) is 0 Å². The molecule has 0 saturated carbocycles. The zero-order valence-electron chi connectivity index (χ0n) is 8.99. The number of hydrogen-bond acceptors (Lipinski definition) is 2. The van der Waals surface area contributed by atoms with E-state index in [4.69, 9.17) is 0 Å². The van der Waals surface area contributed by atoms with Crippen molar-refractivity contribution in [3.05, 3.63) is 36.2 Å². The summed E-state index contributed by atoms with van der Waals surface area (Å²) in [7, 11) is 0. The first-order chi connectivity index (χ1) is 6.74. The lowest BCUT2D eigenvalue weighted by molar-refractivity contribution is 1.13. The van der Waals surface area contributed by atoms with Crippen LogP contribution in [0.4, 0.5) is 0 Å². The van der Waals surface area contributed by atoms with Crippen molar-refractivity contribution in [1.82, 2.24) is 4.98 Å². The van der Waals surface area contributed by atoms with Gasteiger partial charge >= 0.3 is 0 Å². The van der Waals surface area contributed by atoms with Crippen LogP contribution in [0.1, 0.15) is 26.3 Å². The lowest BCUT2D eigenvalue weighted by Gasteiger charge is -2.00. The Morgan fingerprint density at radius 2 is 2.29 bits per heavy atom. The number of rotatable bonds is 3. The number of allylic oxidation sites excluding steroid dienone is 2. The first-order valence-electron chi connectivity index (χ1n) is 4.83. The molecule has 0 saturated heterocycles. The summed E-state index contributed by atoms with van der Waals surface area (Å²) in [5.41, 5.74) is 3.42. The van der Waals surface area contributed by atoms with Crippen molar-refractivity contribution in [3.8, 4) is 0 Å². The quantitative estimate of drug-likeness (QED) is 0.669. The zero-order chi connectivity index (χ0) is 10.4. The van der Waals surface area contributed by atoms with Crippen molar-refractivity contribution in [1.29, 1.82) is 0 Å². The molecular formula is C12H16N2. The maximum absolute atomic E-state index is 4.31. The second-order valence-electron chi connectivity index (χ2n) is 3.18. The monoisotopic (exact) mass is 188 g/mol. The fourth-order valence-electron chi connectivity index (χ4n) is 1.29. The van der Waals surface area contributed by atoms with Gasteiger partial charge in [0.1, 0.15) is 0 Å². The third-order valence-corrected chi connectivity index (χ3v) is 1.95. The van der Waals surface area contributed by atoms with E-state index in [1.165, 1.54) is 5.57 Å². The molecule has 0 radical (unpaired) electrons. The predicted molar refractivity (Wildman–Crippen MR) is 61.5 cm³/mol. The Morgan fingerprint density at radius 3 is 2.86 bits per heavy atom. The van der Waals surface area contributed by atoms with E-state index in [0.717, 1.165) is 17.8 Å². The van der Waals surface area contributed by atoms with Crippen LogP contribution in [0.2, 0.25) is 0 Å². The first kappa shape index (κ1) is 10.6. The van der Waals surface area contributed by atoms with E-state index in [0.29, 0.717) is 0 Å². The van der Waals surface area contributed by atoms with Crippen LogP contribution in [0.15, 0.2) is 35.6 Å². The summed E-state index contributed by atoms with van der Waals surface area (Å²) in [6, 6.07) is 4.00. The molecule has 0 fully saturated rings. The van der Waals surface area contributed by atoms with Crippen molar-refractivity contribution in [2.75, 3.05) is 6.54 Å². The molecule has 2 nitrogen and oxygen atoms in total. The highest BCUT2D eigenvalue weighted by Gasteiger charge is 1.94. The minimum atomic E-state index is 0.836. The molecule has 1 heterocycles. The molecule has 1 aromatic rings. The van der Waals surface area contributed by atoms with E-state index < -0.39 is 0 Å². The fraction of sp³-hybridized carbons (Fsp3) is 0.333. The molecule has 0 aliphatic heterocycles. The highest BCUT2D eigenvalue weighted by atomic mass is 14.7. The Kier molecular flexibility index (Phi) is 4.05. The standard InChI is InChI=1S/C12H16N2/c1-4-14-11(3)8-10(2)12-6-5-7-13-9-12/h5-9H,4H2,1-3H3/b10-8+,14-11?. The molecule has 0 N–H and O–H groups in total. The molecule has 0 aromatic carbocycles. The van der Waals surface area contributed by atoms with Crippen LogP contribution in [-0.2, 0) is 0 Å². The van der Waals surface area contributed by atoms with Crippen LogP contribution in [0.25, 0.3) is 5.57 Å². The molecule has 0 aliphatic rings. The molecule has 2 heteroatoms. The van der Waals surface area contributed by atoms with Crippen molar-refractivity contribution in [2.24, 2.45) is 4.99 Å². The van der Waals surface area contributed by atoms with Gasteiger partial charge in [-0.1, -0.05) is 6.07 Å². The molecule has 74 valence electrons. The number of aliphatic imine (C=N–C) groups is 1. The summed E-state index contributed by atoms with van der Waals surface area (Å²) in [4.78, 5) is 8.39. The smallest absolute Gasteiger partial charge is 0.0364 e. The molecule has 1 rings (SSSR count). The molecule has 0 aliphatic carbocycles. The third-order valence-electron chi connectivity index (χ3n) is 1.95. The Bertz CT molecular complexity index is 337. The number of pyridine rings is 1. The minimum absolute atomic E-state index is 0.836. The van der Waals surface area contributed by atoms with E-state index in [-0.39, 0.29) is 0 Å². The van der Waals surface area contributed by atoms with Crippen molar-refractivity contribution in [3.63, 3.8) is 0 Å². The van der Waals surface area contributed by atoms with Crippen LogP contribution in [-0.4, -0.2) is 17.2 Å². The average Bonchev–Trinajstić information content (AvgIpc) is 2.19. The molecule has 0 spiro atoms. The zero-order valence-corrected chi connectivity index (χ0v) is 8.99. The van der Waals surface area contributed by atoms with Gasteiger partial charge < -0.3 is 0 Å². The van der Waals surface area contributed by atoms with Crippen molar-refractivity contribution in [2.45, 2.75) is 20.8 Å². The Balaban J connectivity index is 2.85. The van der Waals surface area contributed by atoms with Gasteiger partial charge in [-0.2, -0.15) is 0 Å². The molecule has 1 aromatic heterocycles. The van der Waals surface area contributed by atoms with Crippen LogP contribution < -0.4 is 0 Å². The maximum Gasteiger partial charge on any atom is 0.0364 e. The van der Waals surface area contributed by atoms with Crippen LogP contribution in [0, 0.1) is 0 Å². The third kappa shape index (κ3) is 3.13. The number of nitrogens with zero attached hydrogens (tertiary/aromatic N) is 2. The molecule has 0 atom stereocenters. The summed E-state index contributed by atoms with van der Waals surface area (Å²) >= 11 is 0. The van der Waals surface area contributed by atoms with Crippen LogP contribution in [0.5, 0.6) is 0 Å². The second-order valence-corrected chi connectivity index (χ2v) is 3.18. The van der Waals surface area contributed by atoms with Gasteiger partial charge in [-0.3, -0.25) is 9.98 Å². The normalized spacial score (nSPS) is 13.1. The maximum atomic E-state index is 4.31.